The maximum absolute atomic E-state index is 12.9. The first-order valence-electron chi connectivity index (χ1n) is 8.43. The molecule has 1 amide bonds. The zero-order valence-electron chi connectivity index (χ0n) is 14.5. The number of benzene rings is 1. The molecule has 128 valence electrons. The van der Waals surface area contributed by atoms with Crippen LogP contribution in [0.25, 0.3) is 0 Å². The number of carbonyl (C=O) groups excluding carboxylic acids is 1. The van der Waals surface area contributed by atoms with Crippen molar-refractivity contribution >= 4 is 5.91 Å². The van der Waals surface area contributed by atoms with Gasteiger partial charge in [-0.25, -0.2) is 0 Å². The molecule has 1 aromatic carbocycles. The Balaban J connectivity index is 1.85. The minimum atomic E-state index is 0.0536. The van der Waals surface area contributed by atoms with Crippen LogP contribution in [0.3, 0.4) is 0 Å². The number of methoxy groups -OCH3 is 1. The van der Waals surface area contributed by atoms with Gasteiger partial charge in [-0.2, -0.15) is 0 Å². The van der Waals surface area contributed by atoms with E-state index in [0.717, 1.165) is 36.5 Å². The summed E-state index contributed by atoms with van der Waals surface area (Å²) >= 11 is 0. The Labute approximate surface area is 142 Å². The third-order valence-electron chi connectivity index (χ3n) is 4.64. The van der Waals surface area contributed by atoms with Gasteiger partial charge in [0.05, 0.1) is 25.3 Å². The van der Waals surface area contributed by atoms with Crippen LogP contribution < -0.4 is 4.74 Å². The predicted octanol–water partition coefficient (Wildman–Crippen LogP) is 3.53. The summed E-state index contributed by atoms with van der Waals surface area (Å²) in [5.74, 6) is 2.16. The number of hydrogen-bond donors (Lipinski definition) is 0. The third kappa shape index (κ3) is 3.45. The summed E-state index contributed by atoms with van der Waals surface area (Å²) in [5, 5.41) is 3.95. The van der Waals surface area contributed by atoms with E-state index in [1.54, 1.807) is 7.11 Å². The van der Waals surface area contributed by atoms with Crippen LogP contribution in [0.1, 0.15) is 42.8 Å². The number of nitrogens with zero attached hydrogens (tertiary/aromatic N) is 2. The molecule has 5 heteroatoms. The Kier molecular flexibility index (Phi) is 4.88. The number of carbonyl (C=O) groups is 1. The lowest BCUT2D eigenvalue weighted by atomic mass is 9.89. The normalized spacial score (nSPS) is 20.9. The summed E-state index contributed by atoms with van der Waals surface area (Å²) < 4.78 is 10.6. The second-order valence-electron chi connectivity index (χ2n) is 6.59. The van der Waals surface area contributed by atoms with Gasteiger partial charge >= 0.3 is 0 Å². The first-order chi connectivity index (χ1) is 11.6. The molecule has 5 nitrogen and oxygen atoms in total. The topological polar surface area (TPSA) is 55.6 Å². The SMILES string of the molecule is COc1ccccc1[C@@H]1CC[C@H](C)CN1C(=O)Cc1cc(C)on1. The molecule has 3 rings (SSSR count). The van der Waals surface area contributed by atoms with Gasteiger partial charge < -0.3 is 14.2 Å². The van der Waals surface area contributed by atoms with Crippen molar-refractivity contribution < 1.29 is 14.1 Å². The Morgan fingerprint density at radius 2 is 2.17 bits per heavy atom. The third-order valence-corrected chi connectivity index (χ3v) is 4.64. The number of hydrogen-bond acceptors (Lipinski definition) is 4. The van der Waals surface area contributed by atoms with E-state index in [1.165, 1.54) is 0 Å². The minimum absolute atomic E-state index is 0.0536. The summed E-state index contributed by atoms with van der Waals surface area (Å²) in [7, 11) is 1.68. The van der Waals surface area contributed by atoms with Gasteiger partial charge in [-0.05, 0) is 31.7 Å². The lowest BCUT2D eigenvalue weighted by molar-refractivity contribution is -0.135. The van der Waals surface area contributed by atoms with Gasteiger partial charge in [0.25, 0.3) is 0 Å². The van der Waals surface area contributed by atoms with Crippen molar-refractivity contribution in [2.45, 2.75) is 39.2 Å². The fourth-order valence-corrected chi connectivity index (χ4v) is 3.45. The highest BCUT2D eigenvalue weighted by Gasteiger charge is 2.32. The molecular weight excluding hydrogens is 304 g/mol. The van der Waals surface area contributed by atoms with E-state index in [-0.39, 0.29) is 18.4 Å². The Hall–Kier alpha value is -2.30. The highest BCUT2D eigenvalue weighted by molar-refractivity contribution is 5.79. The standard InChI is InChI=1S/C19H24N2O3/c1-13-8-9-17(16-6-4-5-7-18(16)23-3)21(12-13)19(22)11-15-10-14(2)24-20-15/h4-7,10,13,17H,8-9,11-12H2,1-3H3/t13-,17-/m0/s1. The number of piperidine rings is 1. The van der Waals surface area contributed by atoms with Crippen molar-refractivity contribution in [2.75, 3.05) is 13.7 Å². The quantitative estimate of drug-likeness (QED) is 0.861. The van der Waals surface area contributed by atoms with Crippen LogP contribution in [0.5, 0.6) is 5.75 Å². The van der Waals surface area contributed by atoms with Gasteiger partial charge in [-0.1, -0.05) is 30.3 Å². The van der Waals surface area contributed by atoms with Crippen LogP contribution in [-0.4, -0.2) is 29.6 Å². The molecule has 0 spiro atoms. The number of aryl methyl sites for hydroxylation is 1. The van der Waals surface area contributed by atoms with Crippen molar-refractivity contribution in [3.05, 3.63) is 47.3 Å². The van der Waals surface area contributed by atoms with Gasteiger partial charge in [-0.3, -0.25) is 4.79 Å². The van der Waals surface area contributed by atoms with E-state index in [9.17, 15) is 4.79 Å². The average Bonchev–Trinajstić information content (AvgIpc) is 2.99. The number of rotatable bonds is 4. The van der Waals surface area contributed by atoms with E-state index < -0.39 is 0 Å². The van der Waals surface area contributed by atoms with E-state index in [4.69, 9.17) is 9.26 Å². The van der Waals surface area contributed by atoms with Gasteiger partial charge in [0.1, 0.15) is 11.5 Å². The van der Waals surface area contributed by atoms with Gasteiger partial charge in [0.2, 0.25) is 5.91 Å². The lowest BCUT2D eigenvalue weighted by Gasteiger charge is -2.39. The molecule has 0 aliphatic carbocycles. The maximum Gasteiger partial charge on any atom is 0.229 e. The zero-order chi connectivity index (χ0) is 17.1. The predicted molar refractivity (Wildman–Crippen MR) is 90.8 cm³/mol. The lowest BCUT2D eigenvalue weighted by Crippen LogP contribution is -2.42. The highest BCUT2D eigenvalue weighted by atomic mass is 16.5. The van der Waals surface area contributed by atoms with Crippen molar-refractivity contribution in [2.24, 2.45) is 5.92 Å². The van der Waals surface area contributed by atoms with E-state index in [1.807, 2.05) is 36.1 Å². The molecule has 1 fully saturated rings. The van der Waals surface area contributed by atoms with E-state index >= 15 is 0 Å². The van der Waals surface area contributed by atoms with Crippen LogP contribution in [0.15, 0.2) is 34.9 Å². The number of amides is 1. The Morgan fingerprint density at radius 1 is 1.38 bits per heavy atom. The molecule has 2 aromatic rings. The molecule has 2 atom stereocenters. The molecule has 1 aliphatic rings. The van der Waals surface area contributed by atoms with Gasteiger partial charge in [0, 0.05) is 18.2 Å². The van der Waals surface area contributed by atoms with Crippen LogP contribution >= 0.6 is 0 Å². The minimum Gasteiger partial charge on any atom is -0.496 e. The van der Waals surface area contributed by atoms with Crippen LogP contribution in [-0.2, 0) is 11.2 Å². The summed E-state index contributed by atoms with van der Waals surface area (Å²) in [4.78, 5) is 14.9. The zero-order valence-corrected chi connectivity index (χ0v) is 14.5. The molecule has 1 saturated heterocycles. The van der Waals surface area contributed by atoms with Crippen molar-refractivity contribution in [3.63, 3.8) is 0 Å². The monoisotopic (exact) mass is 328 g/mol. The molecule has 0 unspecified atom stereocenters. The van der Waals surface area contributed by atoms with Crippen LogP contribution in [0.2, 0.25) is 0 Å². The van der Waals surface area contributed by atoms with E-state index in [0.29, 0.717) is 11.6 Å². The number of para-hydroxylation sites is 1. The first-order valence-corrected chi connectivity index (χ1v) is 8.43. The largest absolute Gasteiger partial charge is 0.496 e. The summed E-state index contributed by atoms with van der Waals surface area (Å²) in [6.07, 6.45) is 2.33. The number of ether oxygens (including phenoxy) is 1. The second kappa shape index (κ2) is 7.07. The van der Waals surface area contributed by atoms with Crippen molar-refractivity contribution in [1.82, 2.24) is 10.1 Å². The smallest absolute Gasteiger partial charge is 0.229 e. The molecule has 0 N–H and O–H groups in total. The first kappa shape index (κ1) is 16.6. The summed E-state index contributed by atoms with van der Waals surface area (Å²) in [6.45, 7) is 4.79. The maximum atomic E-state index is 12.9. The number of aromatic nitrogens is 1. The molecule has 0 bridgehead atoms. The average molecular weight is 328 g/mol. The van der Waals surface area contributed by atoms with E-state index in [2.05, 4.69) is 18.1 Å². The molecule has 1 aromatic heterocycles. The second-order valence-corrected chi connectivity index (χ2v) is 6.59. The van der Waals surface area contributed by atoms with Crippen LogP contribution in [0.4, 0.5) is 0 Å². The number of likely N-dealkylation sites (tertiary alicyclic amines) is 1. The van der Waals surface area contributed by atoms with Crippen molar-refractivity contribution in [3.8, 4) is 5.75 Å². The fraction of sp³-hybridized carbons (Fsp3) is 0.474. The molecule has 0 radical (unpaired) electrons. The molecule has 2 heterocycles. The van der Waals surface area contributed by atoms with Crippen LogP contribution in [0, 0.1) is 12.8 Å². The molecular formula is C19H24N2O3. The fourth-order valence-electron chi connectivity index (χ4n) is 3.45. The highest BCUT2D eigenvalue weighted by Crippen LogP contribution is 2.37. The van der Waals surface area contributed by atoms with Crippen molar-refractivity contribution in [1.29, 1.82) is 0 Å². The van der Waals surface area contributed by atoms with Gasteiger partial charge in [0.15, 0.2) is 0 Å². The molecule has 0 saturated carbocycles. The molecule has 24 heavy (non-hydrogen) atoms. The summed E-state index contributed by atoms with van der Waals surface area (Å²) in [5.41, 5.74) is 1.77. The Morgan fingerprint density at radius 3 is 2.88 bits per heavy atom. The Bertz CT molecular complexity index is 710. The summed E-state index contributed by atoms with van der Waals surface area (Å²) in [6, 6.07) is 9.84. The van der Waals surface area contributed by atoms with Gasteiger partial charge in [-0.15, -0.1) is 0 Å². The molecule has 1 aliphatic heterocycles.